The van der Waals surface area contributed by atoms with Gasteiger partial charge in [-0.15, -0.1) is 0 Å². The Morgan fingerprint density at radius 1 is 1.33 bits per heavy atom. The van der Waals surface area contributed by atoms with Crippen LogP contribution in [0, 0.1) is 0 Å². The van der Waals surface area contributed by atoms with Gasteiger partial charge in [0.25, 0.3) is 0 Å². The first-order valence-corrected chi connectivity index (χ1v) is 6.55. The van der Waals surface area contributed by atoms with Crippen molar-refractivity contribution in [3.05, 3.63) is 42.1 Å². The molecule has 3 heteroatoms. The Morgan fingerprint density at radius 3 is 3.06 bits per heavy atom. The third-order valence-electron chi connectivity index (χ3n) is 3.79. The molecule has 1 aromatic carbocycles. The highest BCUT2D eigenvalue weighted by atomic mass is 15.1. The summed E-state index contributed by atoms with van der Waals surface area (Å²) in [5.74, 6) is 0. The predicted octanol–water partition coefficient (Wildman–Crippen LogP) is 2.08. The molecule has 0 saturated carbocycles. The molecule has 0 spiro atoms. The Hall–Kier alpha value is -1.45. The van der Waals surface area contributed by atoms with Crippen LogP contribution in [0.2, 0.25) is 0 Å². The lowest BCUT2D eigenvalue weighted by Gasteiger charge is -2.24. The quantitative estimate of drug-likeness (QED) is 0.864. The van der Waals surface area contributed by atoms with Crippen LogP contribution in [0.15, 0.2) is 36.5 Å². The molecule has 3 nitrogen and oxygen atoms in total. The van der Waals surface area contributed by atoms with Crippen LogP contribution in [0.1, 0.15) is 18.9 Å². The predicted molar refractivity (Wildman–Crippen MR) is 74.5 cm³/mol. The van der Waals surface area contributed by atoms with Crippen LogP contribution in [0.3, 0.4) is 0 Å². The van der Waals surface area contributed by atoms with Gasteiger partial charge in [0.15, 0.2) is 0 Å². The lowest BCUT2D eigenvalue weighted by Crippen LogP contribution is -2.43. The average molecular weight is 241 g/mol. The zero-order chi connectivity index (χ0) is 12.4. The average Bonchev–Trinajstić information content (AvgIpc) is 2.84. The third-order valence-corrected chi connectivity index (χ3v) is 3.79. The number of aromatic nitrogens is 1. The molecule has 0 amide bonds. The van der Waals surface area contributed by atoms with E-state index in [1.165, 1.54) is 17.4 Å². The molecule has 1 fully saturated rings. The highest BCUT2D eigenvalue weighted by Crippen LogP contribution is 2.18. The molecule has 0 aliphatic carbocycles. The number of hydrogen-bond donors (Lipinski definition) is 2. The maximum Gasteiger partial charge on any atom is 0.0746 e. The minimum absolute atomic E-state index is 0.219. The Bertz CT molecular complexity index is 539. The topological polar surface area (TPSA) is 37.0 Å². The van der Waals surface area contributed by atoms with Gasteiger partial charge in [0.2, 0.25) is 0 Å². The lowest BCUT2D eigenvalue weighted by atomic mass is 10.0. The summed E-state index contributed by atoms with van der Waals surface area (Å²) in [4.78, 5) is 4.49. The number of hydrogen-bond acceptors (Lipinski definition) is 3. The van der Waals surface area contributed by atoms with Crippen LogP contribution >= 0.6 is 0 Å². The number of benzene rings is 1. The fourth-order valence-electron chi connectivity index (χ4n) is 2.59. The van der Waals surface area contributed by atoms with E-state index in [0.717, 1.165) is 25.2 Å². The zero-order valence-corrected chi connectivity index (χ0v) is 10.7. The van der Waals surface area contributed by atoms with Crippen molar-refractivity contribution in [2.24, 2.45) is 0 Å². The molecule has 2 heterocycles. The molecule has 0 radical (unpaired) electrons. The van der Waals surface area contributed by atoms with Crippen molar-refractivity contribution in [3.8, 4) is 0 Å². The standard InChI is InChI=1S/C15H19N3/c1-15(7-9-16-11-15)18-10-13-5-2-4-12-6-3-8-17-14(12)13/h2-6,8,16,18H,7,9-11H2,1H3. The van der Waals surface area contributed by atoms with E-state index < -0.39 is 0 Å². The van der Waals surface area contributed by atoms with Crippen molar-refractivity contribution < 1.29 is 0 Å². The SMILES string of the molecule is CC1(NCc2cccc3cccnc23)CCNC1. The summed E-state index contributed by atoms with van der Waals surface area (Å²) in [6.07, 6.45) is 3.05. The van der Waals surface area contributed by atoms with Crippen LogP contribution in [0.25, 0.3) is 10.9 Å². The summed E-state index contributed by atoms with van der Waals surface area (Å²) in [6.45, 7) is 5.32. The molecule has 2 aromatic rings. The molecule has 1 aromatic heterocycles. The van der Waals surface area contributed by atoms with Crippen LogP contribution in [-0.4, -0.2) is 23.6 Å². The maximum atomic E-state index is 4.49. The maximum absolute atomic E-state index is 4.49. The Kier molecular flexibility index (Phi) is 3.02. The van der Waals surface area contributed by atoms with Gasteiger partial charge in [0.05, 0.1) is 5.52 Å². The molecule has 94 valence electrons. The van der Waals surface area contributed by atoms with E-state index in [2.05, 4.69) is 46.8 Å². The van der Waals surface area contributed by atoms with Gasteiger partial charge in [-0.2, -0.15) is 0 Å². The van der Waals surface area contributed by atoms with Gasteiger partial charge in [0.1, 0.15) is 0 Å². The largest absolute Gasteiger partial charge is 0.315 e. The van der Waals surface area contributed by atoms with E-state index in [1.54, 1.807) is 0 Å². The number of nitrogens with one attached hydrogen (secondary N) is 2. The first kappa shape index (κ1) is 11.6. The molecule has 2 N–H and O–H groups in total. The monoisotopic (exact) mass is 241 g/mol. The second kappa shape index (κ2) is 4.67. The molecule has 18 heavy (non-hydrogen) atoms. The highest BCUT2D eigenvalue weighted by Gasteiger charge is 2.27. The molecular formula is C15H19N3. The van der Waals surface area contributed by atoms with Crippen molar-refractivity contribution in [2.45, 2.75) is 25.4 Å². The van der Waals surface area contributed by atoms with Crippen LogP contribution in [0.5, 0.6) is 0 Å². The normalized spacial score (nSPS) is 23.6. The van der Waals surface area contributed by atoms with Crippen LogP contribution in [0.4, 0.5) is 0 Å². The number of rotatable bonds is 3. The van der Waals surface area contributed by atoms with E-state index in [0.29, 0.717) is 0 Å². The van der Waals surface area contributed by atoms with Gasteiger partial charge >= 0.3 is 0 Å². The summed E-state index contributed by atoms with van der Waals surface area (Å²) in [7, 11) is 0. The Morgan fingerprint density at radius 2 is 2.22 bits per heavy atom. The minimum atomic E-state index is 0.219. The first-order chi connectivity index (χ1) is 8.77. The second-order valence-electron chi connectivity index (χ2n) is 5.33. The van der Waals surface area contributed by atoms with E-state index in [-0.39, 0.29) is 5.54 Å². The molecule has 1 saturated heterocycles. The van der Waals surface area contributed by atoms with Gasteiger partial charge in [-0.3, -0.25) is 4.98 Å². The van der Waals surface area contributed by atoms with E-state index in [9.17, 15) is 0 Å². The van der Waals surface area contributed by atoms with Crippen LogP contribution < -0.4 is 10.6 Å². The molecule has 0 bridgehead atoms. The smallest absolute Gasteiger partial charge is 0.0746 e. The molecular weight excluding hydrogens is 222 g/mol. The summed E-state index contributed by atoms with van der Waals surface area (Å²) in [5, 5.41) is 8.29. The first-order valence-electron chi connectivity index (χ1n) is 6.55. The van der Waals surface area contributed by atoms with E-state index >= 15 is 0 Å². The number of para-hydroxylation sites is 1. The number of fused-ring (bicyclic) bond motifs is 1. The Labute approximate surface area is 108 Å². The third kappa shape index (κ3) is 2.24. The molecule has 1 aliphatic heterocycles. The summed E-state index contributed by atoms with van der Waals surface area (Å²) in [5.41, 5.74) is 2.61. The van der Waals surface area contributed by atoms with Gasteiger partial charge in [-0.05, 0) is 31.5 Å². The highest BCUT2D eigenvalue weighted by molar-refractivity contribution is 5.81. The van der Waals surface area contributed by atoms with Crippen LogP contribution in [-0.2, 0) is 6.54 Å². The van der Waals surface area contributed by atoms with Gasteiger partial charge in [-0.1, -0.05) is 24.3 Å². The van der Waals surface area contributed by atoms with Crippen molar-refractivity contribution in [2.75, 3.05) is 13.1 Å². The van der Waals surface area contributed by atoms with E-state index in [4.69, 9.17) is 0 Å². The van der Waals surface area contributed by atoms with Crippen molar-refractivity contribution in [1.29, 1.82) is 0 Å². The lowest BCUT2D eigenvalue weighted by molar-refractivity contribution is 0.386. The number of nitrogens with zero attached hydrogens (tertiary/aromatic N) is 1. The fraction of sp³-hybridized carbons (Fsp3) is 0.400. The van der Waals surface area contributed by atoms with Crippen molar-refractivity contribution in [1.82, 2.24) is 15.6 Å². The minimum Gasteiger partial charge on any atom is -0.315 e. The summed E-state index contributed by atoms with van der Waals surface area (Å²) in [6, 6.07) is 10.5. The number of pyridine rings is 1. The molecule has 3 rings (SSSR count). The van der Waals surface area contributed by atoms with Gasteiger partial charge in [-0.25, -0.2) is 0 Å². The second-order valence-corrected chi connectivity index (χ2v) is 5.33. The summed E-state index contributed by atoms with van der Waals surface area (Å²) >= 11 is 0. The van der Waals surface area contributed by atoms with E-state index in [1.807, 2.05) is 12.3 Å². The molecule has 1 unspecified atom stereocenters. The van der Waals surface area contributed by atoms with Crippen molar-refractivity contribution >= 4 is 10.9 Å². The fourth-order valence-corrected chi connectivity index (χ4v) is 2.59. The molecule has 1 atom stereocenters. The van der Waals surface area contributed by atoms with Gasteiger partial charge in [0, 0.05) is 30.2 Å². The van der Waals surface area contributed by atoms with Gasteiger partial charge < -0.3 is 10.6 Å². The Balaban J connectivity index is 1.82. The molecule has 1 aliphatic rings. The van der Waals surface area contributed by atoms with Crippen molar-refractivity contribution in [3.63, 3.8) is 0 Å². The summed E-state index contributed by atoms with van der Waals surface area (Å²) < 4.78 is 0. The zero-order valence-electron chi connectivity index (χ0n) is 10.7.